The summed E-state index contributed by atoms with van der Waals surface area (Å²) in [5.41, 5.74) is 6.87. The minimum atomic E-state index is -0.591. The van der Waals surface area contributed by atoms with Gasteiger partial charge in [0.2, 0.25) is 0 Å². The average Bonchev–Trinajstić information content (AvgIpc) is 2.46. The van der Waals surface area contributed by atoms with E-state index in [1.165, 1.54) is 19.2 Å². The Morgan fingerprint density at radius 2 is 1.89 bits per heavy atom. The van der Waals surface area contributed by atoms with E-state index in [1.54, 1.807) is 30.3 Å². The molecule has 0 spiro atoms. The van der Waals surface area contributed by atoms with Gasteiger partial charge in [-0.3, -0.25) is 4.79 Å². The SMILES string of the molecule is COc1ccc(C(=O)c2ccc(CN)cc2)c(F)c1. The second-order valence-electron chi connectivity index (χ2n) is 4.08. The molecule has 0 aliphatic rings. The summed E-state index contributed by atoms with van der Waals surface area (Å²) in [5, 5.41) is 0. The molecule has 0 heterocycles. The first-order valence-corrected chi connectivity index (χ1v) is 5.83. The lowest BCUT2D eigenvalue weighted by molar-refractivity contribution is 0.103. The van der Waals surface area contributed by atoms with E-state index in [2.05, 4.69) is 0 Å². The normalized spacial score (nSPS) is 10.3. The summed E-state index contributed by atoms with van der Waals surface area (Å²) in [6, 6.07) is 11.0. The van der Waals surface area contributed by atoms with Crippen LogP contribution in [-0.4, -0.2) is 12.9 Å². The molecule has 3 nitrogen and oxygen atoms in total. The molecular weight excluding hydrogens is 245 g/mol. The number of carbonyl (C=O) groups is 1. The summed E-state index contributed by atoms with van der Waals surface area (Å²) in [6.07, 6.45) is 0. The fourth-order valence-corrected chi connectivity index (χ4v) is 1.75. The molecule has 0 aliphatic carbocycles. The Balaban J connectivity index is 2.32. The molecule has 0 atom stereocenters. The highest BCUT2D eigenvalue weighted by atomic mass is 19.1. The van der Waals surface area contributed by atoms with E-state index in [-0.39, 0.29) is 11.3 Å². The van der Waals surface area contributed by atoms with E-state index in [0.717, 1.165) is 5.56 Å². The van der Waals surface area contributed by atoms with Gasteiger partial charge in [-0.05, 0) is 17.7 Å². The number of methoxy groups -OCH3 is 1. The Labute approximate surface area is 110 Å². The van der Waals surface area contributed by atoms with Gasteiger partial charge < -0.3 is 10.5 Å². The molecule has 2 rings (SSSR count). The van der Waals surface area contributed by atoms with Crippen molar-refractivity contribution in [3.8, 4) is 5.75 Å². The maximum absolute atomic E-state index is 13.8. The number of nitrogens with two attached hydrogens (primary N) is 1. The van der Waals surface area contributed by atoms with Gasteiger partial charge in [0.1, 0.15) is 11.6 Å². The molecule has 2 aromatic carbocycles. The summed E-state index contributed by atoms with van der Waals surface area (Å²) in [4.78, 5) is 12.2. The molecule has 2 N–H and O–H groups in total. The first kappa shape index (κ1) is 13.2. The highest BCUT2D eigenvalue weighted by Gasteiger charge is 2.14. The maximum Gasteiger partial charge on any atom is 0.195 e. The maximum atomic E-state index is 13.8. The molecule has 0 unspecified atom stereocenters. The number of ether oxygens (including phenoxy) is 1. The second kappa shape index (κ2) is 5.63. The van der Waals surface area contributed by atoms with Crippen LogP contribution in [0.25, 0.3) is 0 Å². The number of hydrogen-bond donors (Lipinski definition) is 1. The average molecular weight is 259 g/mol. The number of ketones is 1. The molecule has 4 heteroatoms. The third-order valence-corrected chi connectivity index (χ3v) is 2.87. The molecule has 2 aromatic rings. The Bertz CT molecular complexity index is 594. The van der Waals surface area contributed by atoms with Crippen molar-refractivity contribution in [1.82, 2.24) is 0 Å². The molecule has 0 fully saturated rings. The van der Waals surface area contributed by atoms with Gasteiger partial charge in [-0.2, -0.15) is 0 Å². The molecule has 0 bridgehead atoms. The van der Waals surface area contributed by atoms with Crippen molar-refractivity contribution in [2.45, 2.75) is 6.54 Å². The minimum absolute atomic E-state index is 0.0290. The van der Waals surface area contributed by atoms with Crippen molar-refractivity contribution in [2.24, 2.45) is 5.73 Å². The zero-order chi connectivity index (χ0) is 13.8. The van der Waals surface area contributed by atoms with Crippen molar-refractivity contribution < 1.29 is 13.9 Å². The first-order valence-electron chi connectivity index (χ1n) is 5.83. The lowest BCUT2D eigenvalue weighted by Gasteiger charge is -2.06. The molecule has 19 heavy (non-hydrogen) atoms. The number of hydrogen-bond acceptors (Lipinski definition) is 3. The van der Waals surface area contributed by atoms with Gasteiger partial charge in [-0.25, -0.2) is 4.39 Å². The highest BCUT2D eigenvalue weighted by molar-refractivity contribution is 6.09. The predicted octanol–water partition coefficient (Wildman–Crippen LogP) is 2.52. The summed E-state index contributed by atoms with van der Waals surface area (Å²) in [6.45, 7) is 0.408. The molecule has 98 valence electrons. The lowest BCUT2D eigenvalue weighted by Crippen LogP contribution is -2.05. The number of rotatable bonds is 4. The quantitative estimate of drug-likeness (QED) is 0.858. The molecule has 0 radical (unpaired) electrons. The van der Waals surface area contributed by atoms with Crippen LogP contribution in [0.4, 0.5) is 4.39 Å². The largest absolute Gasteiger partial charge is 0.497 e. The Kier molecular flexibility index (Phi) is 3.92. The Hall–Kier alpha value is -2.20. The summed E-state index contributed by atoms with van der Waals surface area (Å²) in [7, 11) is 1.45. The van der Waals surface area contributed by atoms with E-state index in [1.807, 2.05) is 0 Å². The molecule has 0 aliphatic heterocycles. The zero-order valence-corrected chi connectivity index (χ0v) is 10.5. The summed E-state index contributed by atoms with van der Waals surface area (Å²) < 4.78 is 18.7. The minimum Gasteiger partial charge on any atom is -0.497 e. The van der Waals surface area contributed by atoms with E-state index < -0.39 is 5.82 Å². The molecule has 0 saturated carbocycles. The van der Waals surface area contributed by atoms with Gasteiger partial charge >= 0.3 is 0 Å². The standard InChI is InChI=1S/C15H14FNO2/c1-19-12-6-7-13(14(16)8-12)15(18)11-4-2-10(9-17)3-5-11/h2-8H,9,17H2,1H3. The highest BCUT2D eigenvalue weighted by Crippen LogP contribution is 2.19. The van der Waals surface area contributed by atoms with Crippen LogP contribution < -0.4 is 10.5 Å². The van der Waals surface area contributed by atoms with Crippen molar-refractivity contribution >= 4 is 5.78 Å². The van der Waals surface area contributed by atoms with Crippen molar-refractivity contribution in [2.75, 3.05) is 7.11 Å². The third-order valence-electron chi connectivity index (χ3n) is 2.87. The predicted molar refractivity (Wildman–Crippen MR) is 70.7 cm³/mol. The Morgan fingerprint density at radius 3 is 2.42 bits per heavy atom. The van der Waals surface area contributed by atoms with Crippen molar-refractivity contribution in [3.05, 3.63) is 65.0 Å². The number of benzene rings is 2. The van der Waals surface area contributed by atoms with Gasteiger partial charge in [0.25, 0.3) is 0 Å². The number of halogens is 1. The van der Waals surface area contributed by atoms with Crippen LogP contribution in [0.2, 0.25) is 0 Å². The van der Waals surface area contributed by atoms with Crippen molar-refractivity contribution in [1.29, 1.82) is 0 Å². The summed E-state index contributed by atoms with van der Waals surface area (Å²) >= 11 is 0. The second-order valence-corrected chi connectivity index (χ2v) is 4.08. The topological polar surface area (TPSA) is 52.3 Å². The van der Waals surface area contributed by atoms with Crippen LogP contribution in [0.5, 0.6) is 5.75 Å². The monoisotopic (exact) mass is 259 g/mol. The van der Waals surface area contributed by atoms with E-state index in [0.29, 0.717) is 17.9 Å². The van der Waals surface area contributed by atoms with Crippen LogP contribution in [-0.2, 0) is 6.54 Å². The van der Waals surface area contributed by atoms with Crippen molar-refractivity contribution in [3.63, 3.8) is 0 Å². The third kappa shape index (κ3) is 2.80. The lowest BCUT2D eigenvalue weighted by atomic mass is 10.0. The van der Waals surface area contributed by atoms with Gasteiger partial charge in [0.05, 0.1) is 12.7 Å². The fourth-order valence-electron chi connectivity index (χ4n) is 1.75. The zero-order valence-electron chi connectivity index (χ0n) is 10.5. The molecule has 0 amide bonds. The van der Waals surface area contributed by atoms with Gasteiger partial charge in [-0.1, -0.05) is 24.3 Å². The van der Waals surface area contributed by atoms with Crippen LogP contribution in [0, 0.1) is 5.82 Å². The van der Waals surface area contributed by atoms with Crippen LogP contribution in [0.1, 0.15) is 21.5 Å². The van der Waals surface area contributed by atoms with Gasteiger partial charge in [0, 0.05) is 18.2 Å². The van der Waals surface area contributed by atoms with E-state index in [9.17, 15) is 9.18 Å². The first-order chi connectivity index (χ1) is 9.15. The molecule has 0 saturated heterocycles. The van der Waals surface area contributed by atoms with E-state index >= 15 is 0 Å². The van der Waals surface area contributed by atoms with Gasteiger partial charge in [0.15, 0.2) is 5.78 Å². The van der Waals surface area contributed by atoms with Crippen LogP contribution >= 0.6 is 0 Å². The fraction of sp³-hybridized carbons (Fsp3) is 0.133. The number of carbonyl (C=O) groups excluding carboxylic acids is 1. The van der Waals surface area contributed by atoms with Gasteiger partial charge in [-0.15, -0.1) is 0 Å². The molecule has 0 aromatic heterocycles. The molecular formula is C15H14FNO2. The van der Waals surface area contributed by atoms with Crippen LogP contribution in [0.3, 0.4) is 0 Å². The van der Waals surface area contributed by atoms with E-state index in [4.69, 9.17) is 10.5 Å². The summed E-state index contributed by atoms with van der Waals surface area (Å²) in [5.74, 6) is -0.566. The Morgan fingerprint density at radius 1 is 1.21 bits per heavy atom. The van der Waals surface area contributed by atoms with Crippen LogP contribution in [0.15, 0.2) is 42.5 Å². The smallest absolute Gasteiger partial charge is 0.195 e.